The van der Waals surface area contributed by atoms with Crippen molar-refractivity contribution in [1.82, 2.24) is 10.2 Å². The molecule has 5 heteroatoms. The van der Waals surface area contributed by atoms with E-state index in [4.69, 9.17) is 4.74 Å². The van der Waals surface area contributed by atoms with Crippen LogP contribution in [0.3, 0.4) is 0 Å². The molecule has 1 amide bonds. The predicted molar refractivity (Wildman–Crippen MR) is 57.8 cm³/mol. The van der Waals surface area contributed by atoms with E-state index < -0.39 is 0 Å². The normalized spacial score (nSPS) is 20.3. The summed E-state index contributed by atoms with van der Waals surface area (Å²) >= 11 is 0. The average molecular weight is 223 g/mol. The zero-order valence-electron chi connectivity index (χ0n) is 8.78. The lowest BCUT2D eigenvalue weighted by Crippen LogP contribution is -2.38. The van der Waals surface area contributed by atoms with Gasteiger partial charge in [-0.1, -0.05) is 0 Å². The molecule has 1 unspecified atom stereocenters. The van der Waals surface area contributed by atoms with Crippen molar-refractivity contribution in [3.8, 4) is 0 Å². The zero-order valence-corrected chi connectivity index (χ0v) is 9.60. The van der Waals surface area contributed by atoms with Crippen molar-refractivity contribution >= 4 is 18.3 Å². The second kappa shape index (κ2) is 7.04. The maximum Gasteiger partial charge on any atom is 0.224 e. The molecule has 84 valence electrons. The van der Waals surface area contributed by atoms with Crippen LogP contribution in [0.5, 0.6) is 0 Å². The summed E-state index contributed by atoms with van der Waals surface area (Å²) in [5, 5.41) is 3.24. The Kier molecular flexibility index (Phi) is 6.87. The summed E-state index contributed by atoms with van der Waals surface area (Å²) in [6.07, 6.45) is 1.55. The lowest BCUT2D eigenvalue weighted by Gasteiger charge is -2.23. The van der Waals surface area contributed by atoms with Crippen molar-refractivity contribution in [2.24, 2.45) is 0 Å². The Morgan fingerprint density at radius 3 is 2.86 bits per heavy atom. The summed E-state index contributed by atoms with van der Waals surface area (Å²) in [4.78, 5) is 13.3. The van der Waals surface area contributed by atoms with Gasteiger partial charge in [-0.15, -0.1) is 12.4 Å². The average Bonchev–Trinajstić information content (AvgIpc) is 2.65. The van der Waals surface area contributed by atoms with Gasteiger partial charge in [-0.3, -0.25) is 4.79 Å². The fourth-order valence-corrected chi connectivity index (χ4v) is 1.54. The van der Waals surface area contributed by atoms with Crippen LogP contribution in [0.1, 0.15) is 12.8 Å². The summed E-state index contributed by atoms with van der Waals surface area (Å²) in [6.45, 7) is 2.46. The molecule has 0 bridgehead atoms. The van der Waals surface area contributed by atoms with Crippen LogP contribution < -0.4 is 5.32 Å². The van der Waals surface area contributed by atoms with Gasteiger partial charge in [0.1, 0.15) is 0 Å². The Bertz CT molecular complexity index is 172. The minimum Gasteiger partial charge on any atom is -0.384 e. The molecule has 14 heavy (non-hydrogen) atoms. The third-order valence-corrected chi connectivity index (χ3v) is 2.50. The minimum atomic E-state index is 0. The Morgan fingerprint density at radius 2 is 2.36 bits per heavy atom. The number of amides is 1. The first-order valence-electron chi connectivity index (χ1n) is 4.71. The van der Waals surface area contributed by atoms with Gasteiger partial charge in [0.2, 0.25) is 5.91 Å². The number of hydrogen-bond donors (Lipinski definition) is 1. The van der Waals surface area contributed by atoms with Crippen LogP contribution in [-0.4, -0.2) is 50.7 Å². The van der Waals surface area contributed by atoms with Crippen LogP contribution in [0, 0.1) is 0 Å². The molecule has 1 heterocycles. The van der Waals surface area contributed by atoms with Crippen LogP contribution in [0.15, 0.2) is 0 Å². The van der Waals surface area contributed by atoms with E-state index in [2.05, 4.69) is 5.32 Å². The Labute approximate surface area is 91.4 Å². The van der Waals surface area contributed by atoms with E-state index in [1.165, 1.54) is 0 Å². The van der Waals surface area contributed by atoms with Gasteiger partial charge < -0.3 is 15.0 Å². The first-order chi connectivity index (χ1) is 6.25. The van der Waals surface area contributed by atoms with Gasteiger partial charge in [0.25, 0.3) is 0 Å². The number of rotatable bonds is 4. The fourth-order valence-electron chi connectivity index (χ4n) is 1.54. The van der Waals surface area contributed by atoms with E-state index in [0.29, 0.717) is 19.1 Å². The third kappa shape index (κ3) is 3.82. The summed E-state index contributed by atoms with van der Waals surface area (Å²) in [5.41, 5.74) is 0. The fraction of sp³-hybridized carbons (Fsp3) is 0.889. The SMILES string of the molecule is COCCC(=O)N(C)C1CCNC1.Cl. The van der Waals surface area contributed by atoms with Gasteiger partial charge in [-0.05, 0) is 13.0 Å². The number of ether oxygens (including phenoxy) is 1. The molecule has 0 spiro atoms. The molecule has 0 aromatic rings. The number of carbonyl (C=O) groups excluding carboxylic acids is 1. The number of nitrogens with one attached hydrogen (secondary N) is 1. The molecule has 0 aromatic heterocycles. The Balaban J connectivity index is 0.00000169. The van der Waals surface area contributed by atoms with Crippen LogP contribution in [-0.2, 0) is 9.53 Å². The van der Waals surface area contributed by atoms with E-state index in [1.54, 1.807) is 7.11 Å². The summed E-state index contributed by atoms with van der Waals surface area (Å²) in [6, 6.07) is 0.379. The van der Waals surface area contributed by atoms with Gasteiger partial charge in [0.15, 0.2) is 0 Å². The second-order valence-electron chi connectivity index (χ2n) is 3.39. The van der Waals surface area contributed by atoms with Gasteiger partial charge in [-0.25, -0.2) is 0 Å². The molecule has 1 atom stereocenters. The number of methoxy groups -OCH3 is 1. The molecule has 1 rings (SSSR count). The van der Waals surface area contributed by atoms with Crippen molar-refractivity contribution in [2.75, 3.05) is 33.9 Å². The number of nitrogens with zero attached hydrogens (tertiary/aromatic N) is 1. The minimum absolute atomic E-state index is 0. The second-order valence-corrected chi connectivity index (χ2v) is 3.39. The maximum atomic E-state index is 11.5. The largest absolute Gasteiger partial charge is 0.384 e. The van der Waals surface area contributed by atoms with E-state index in [1.807, 2.05) is 11.9 Å². The van der Waals surface area contributed by atoms with Crippen molar-refractivity contribution in [3.05, 3.63) is 0 Å². The first-order valence-corrected chi connectivity index (χ1v) is 4.71. The lowest BCUT2D eigenvalue weighted by molar-refractivity contribution is -0.132. The van der Waals surface area contributed by atoms with Gasteiger partial charge in [-0.2, -0.15) is 0 Å². The van der Waals surface area contributed by atoms with Crippen molar-refractivity contribution in [3.63, 3.8) is 0 Å². The quantitative estimate of drug-likeness (QED) is 0.742. The van der Waals surface area contributed by atoms with Gasteiger partial charge >= 0.3 is 0 Å². The van der Waals surface area contributed by atoms with E-state index in [-0.39, 0.29) is 18.3 Å². The number of halogens is 1. The molecule has 0 saturated carbocycles. The highest BCUT2D eigenvalue weighted by Gasteiger charge is 2.22. The van der Waals surface area contributed by atoms with E-state index in [9.17, 15) is 4.79 Å². The molecule has 0 aromatic carbocycles. The topological polar surface area (TPSA) is 41.6 Å². The molecule has 0 radical (unpaired) electrons. The van der Waals surface area contributed by atoms with Crippen LogP contribution >= 0.6 is 12.4 Å². The van der Waals surface area contributed by atoms with Crippen LogP contribution in [0.4, 0.5) is 0 Å². The summed E-state index contributed by atoms with van der Waals surface area (Å²) in [7, 11) is 3.49. The molecule has 1 aliphatic rings. The summed E-state index contributed by atoms with van der Waals surface area (Å²) in [5.74, 6) is 0.176. The molecule has 1 N–H and O–H groups in total. The third-order valence-electron chi connectivity index (χ3n) is 2.50. The van der Waals surface area contributed by atoms with Crippen molar-refractivity contribution in [1.29, 1.82) is 0 Å². The van der Waals surface area contributed by atoms with E-state index >= 15 is 0 Å². The Hall–Kier alpha value is -0.320. The molecule has 1 aliphatic heterocycles. The zero-order chi connectivity index (χ0) is 9.68. The van der Waals surface area contributed by atoms with Gasteiger partial charge in [0, 0.05) is 26.7 Å². The van der Waals surface area contributed by atoms with Crippen molar-refractivity contribution < 1.29 is 9.53 Å². The highest BCUT2D eigenvalue weighted by Crippen LogP contribution is 2.07. The number of carbonyl (C=O) groups is 1. The Morgan fingerprint density at radius 1 is 1.64 bits per heavy atom. The van der Waals surface area contributed by atoms with Gasteiger partial charge in [0.05, 0.1) is 13.0 Å². The molecular formula is C9H19ClN2O2. The standard InChI is InChI=1S/C9H18N2O2.ClH/c1-11(8-3-5-10-7-8)9(12)4-6-13-2;/h8,10H,3-7H2,1-2H3;1H. The first kappa shape index (κ1) is 13.7. The molecule has 1 fully saturated rings. The summed E-state index contributed by atoms with van der Waals surface area (Å²) < 4.78 is 4.86. The van der Waals surface area contributed by atoms with Crippen molar-refractivity contribution in [2.45, 2.75) is 18.9 Å². The highest BCUT2D eigenvalue weighted by atomic mass is 35.5. The number of hydrogen-bond acceptors (Lipinski definition) is 3. The monoisotopic (exact) mass is 222 g/mol. The lowest BCUT2D eigenvalue weighted by atomic mass is 10.2. The van der Waals surface area contributed by atoms with E-state index in [0.717, 1.165) is 19.5 Å². The molecule has 1 saturated heterocycles. The predicted octanol–water partition coefficient (Wildman–Crippen LogP) is 0.265. The highest BCUT2D eigenvalue weighted by molar-refractivity contribution is 5.85. The molecular weight excluding hydrogens is 204 g/mol. The molecule has 0 aliphatic carbocycles. The van der Waals surface area contributed by atoms with Crippen LogP contribution in [0.25, 0.3) is 0 Å². The molecule has 4 nitrogen and oxygen atoms in total. The maximum absolute atomic E-state index is 11.5. The smallest absolute Gasteiger partial charge is 0.224 e. The van der Waals surface area contributed by atoms with Crippen LogP contribution in [0.2, 0.25) is 0 Å². The number of likely N-dealkylation sites (N-methyl/N-ethyl adjacent to an activating group) is 1.